The van der Waals surface area contributed by atoms with Crippen molar-refractivity contribution in [3.05, 3.63) is 60.7 Å². The molecule has 1 unspecified atom stereocenters. The van der Waals surface area contributed by atoms with Crippen LogP contribution in [0.5, 0.6) is 0 Å². The van der Waals surface area contributed by atoms with Crippen LogP contribution >= 0.6 is 15.9 Å². The van der Waals surface area contributed by atoms with Crippen molar-refractivity contribution in [1.29, 1.82) is 0 Å². The standard InChI is InChI=1S/C22H28BrOSi2/c1-26(2,3)19-11-13-20(12-10-18-23)24-25(21-14-6-4-7-15-21)22-16-8-5-9-17-22/h4-9,14-17,20H,10,12,18-19H2,1-3H3. The first-order valence-corrected chi connectivity index (χ1v) is 15.4. The molecule has 0 aliphatic carbocycles. The van der Waals surface area contributed by atoms with Gasteiger partial charge in [-0.2, -0.15) is 0 Å². The smallest absolute Gasteiger partial charge is 0.284 e. The Bertz CT molecular complexity index is 662. The maximum Gasteiger partial charge on any atom is 0.284 e. The summed E-state index contributed by atoms with van der Waals surface area (Å²) in [5.41, 5.74) is 0. The Labute approximate surface area is 170 Å². The van der Waals surface area contributed by atoms with Crippen molar-refractivity contribution in [3.63, 3.8) is 0 Å². The SMILES string of the molecule is C[Si](C)(C)CC#CC(CCCBr)O[Si](c1ccccc1)c1ccccc1. The first-order valence-electron chi connectivity index (χ1n) is 9.18. The van der Waals surface area contributed by atoms with E-state index in [1.165, 1.54) is 10.4 Å². The molecule has 2 aromatic rings. The predicted octanol–water partition coefficient (Wildman–Crippen LogP) is 4.69. The van der Waals surface area contributed by atoms with E-state index >= 15 is 0 Å². The monoisotopic (exact) mass is 443 g/mol. The molecule has 0 amide bonds. The van der Waals surface area contributed by atoms with Crippen molar-refractivity contribution in [2.45, 2.75) is 44.6 Å². The largest absolute Gasteiger partial charge is 0.393 e. The number of rotatable bonds is 8. The molecular formula is C22H28BrOSi2. The van der Waals surface area contributed by atoms with Crippen molar-refractivity contribution in [1.82, 2.24) is 0 Å². The topological polar surface area (TPSA) is 9.23 Å². The fraction of sp³-hybridized carbons (Fsp3) is 0.364. The normalized spacial score (nSPS) is 12.5. The van der Waals surface area contributed by atoms with Gasteiger partial charge in [-0.1, -0.05) is 102 Å². The second-order valence-electron chi connectivity index (χ2n) is 7.56. The van der Waals surface area contributed by atoms with Crippen molar-refractivity contribution in [2.75, 3.05) is 5.33 Å². The molecule has 0 bridgehead atoms. The maximum atomic E-state index is 6.66. The van der Waals surface area contributed by atoms with Gasteiger partial charge in [0.15, 0.2) is 0 Å². The Morgan fingerprint density at radius 2 is 1.50 bits per heavy atom. The molecule has 0 heterocycles. The summed E-state index contributed by atoms with van der Waals surface area (Å²) in [6.07, 6.45) is 2.04. The highest BCUT2D eigenvalue weighted by Gasteiger charge is 2.22. The molecule has 0 aliphatic heterocycles. The van der Waals surface area contributed by atoms with Gasteiger partial charge < -0.3 is 4.43 Å². The Morgan fingerprint density at radius 1 is 0.962 bits per heavy atom. The van der Waals surface area contributed by atoms with E-state index in [1.807, 2.05) is 0 Å². The van der Waals surface area contributed by atoms with Crippen LogP contribution in [0.2, 0.25) is 25.7 Å². The molecule has 26 heavy (non-hydrogen) atoms. The zero-order valence-electron chi connectivity index (χ0n) is 16.0. The van der Waals surface area contributed by atoms with E-state index < -0.39 is 17.1 Å². The second kappa shape index (κ2) is 10.9. The van der Waals surface area contributed by atoms with Crippen LogP contribution < -0.4 is 10.4 Å². The summed E-state index contributed by atoms with van der Waals surface area (Å²) in [6.45, 7) is 7.08. The molecule has 0 aromatic heterocycles. The van der Waals surface area contributed by atoms with Gasteiger partial charge >= 0.3 is 0 Å². The minimum atomic E-state index is -1.30. The van der Waals surface area contributed by atoms with Gasteiger partial charge in [0, 0.05) is 11.4 Å². The van der Waals surface area contributed by atoms with E-state index in [1.54, 1.807) is 0 Å². The van der Waals surface area contributed by atoms with Crippen LogP contribution in [0.3, 0.4) is 0 Å². The molecule has 0 aliphatic rings. The van der Waals surface area contributed by atoms with E-state index in [0.717, 1.165) is 24.2 Å². The third kappa shape index (κ3) is 7.63. The molecule has 2 aromatic carbocycles. The van der Waals surface area contributed by atoms with E-state index in [4.69, 9.17) is 4.43 Å². The highest BCUT2D eigenvalue weighted by molar-refractivity contribution is 9.09. The van der Waals surface area contributed by atoms with Gasteiger partial charge in [-0.15, -0.1) is 5.92 Å². The van der Waals surface area contributed by atoms with E-state index in [2.05, 4.69) is 108 Å². The Balaban J connectivity index is 2.24. The van der Waals surface area contributed by atoms with Gasteiger partial charge in [0.2, 0.25) is 0 Å². The van der Waals surface area contributed by atoms with Crippen molar-refractivity contribution in [3.8, 4) is 11.8 Å². The zero-order valence-corrected chi connectivity index (χ0v) is 19.6. The first kappa shape index (κ1) is 21.2. The molecule has 1 nitrogen and oxygen atoms in total. The van der Waals surface area contributed by atoms with Crippen LogP contribution in [0.4, 0.5) is 0 Å². The molecule has 4 heteroatoms. The van der Waals surface area contributed by atoms with Gasteiger partial charge in [0.25, 0.3) is 9.04 Å². The molecule has 1 atom stereocenters. The summed E-state index contributed by atoms with van der Waals surface area (Å²) >= 11 is 3.55. The van der Waals surface area contributed by atoms with E-state index in [-0.39, 0.29) is 6.10 Å². The summed E-state index contributed by atoms with van der Waals surface area (Å²) in [6, 6.07) is 22.2. The lowest BCUT2D eigenvalue weighted by Gasteiger charge is -2.21. The fourth-order valence-corrected chi connectivity index (χ4v) is 5.49. The molecule has 0 fully saturated rings. The second-order valence-corrected chi connectivity index (χ2v) is 15.9. The summed E-state index contributed by atoms with van der Waals surface area (Å²) in [5, 5.41) is 3.54. The third-order valence-electron chi connectivity index (χ3n) is 3.81. The molecule has 2 rings (SSSR count). The zero-order chi connectivity index (χ0) is 18.8. The lowest BCUT2D eigenvalue weighted by molar-refractivity contribution is 0.257. The predicted molar refractivity (Wildman–Crippen MR) is 122 cm³/mol. The average Bonchev–Trinajstić information content (AvgIpc) is 2.64. The number of hydrogen-bond donors (Lipinski definition) is 0. The number of benzene rings is 2. The van der Waals surface area contributed by atoms with Crippen LogP contribution in [0.25, 0.3) is 0 Å². The highest BCUT2D eigenvalue weighted by atomic mass is 79.9. The molecule has 0 saturated carbocycles. The molecule has 0 N–H and O–H groups in total. The van der Waals surface area contributed by atoms with Gasteiger partial charge in [-0.25, -0.2) is 0 Å². The van der Waals surface area contributed by atoms with Crippen molar-refractivity contribution >= 4 is 43.4 Å². The Kier molecular flexibility index (Phi) is 8.87. The Morgan fingerprint density at radius 3 is 1.96 bits per heavy atom. The summed E-state index contributed by atoms with van der Waals surface area (Å²) in [5.74, 6) is 6.88. The number of alkyl halides is 1. The van der Waals surface area contributed by atoms with Crippen LogP contribution in [0, 0.1) is 11.8 Å². The number of hydrogen-bond acceptors (Lipinski definition) is 1. The van der Waals surface area contributed by atoms with Crippen LogP contribution in [0.15, 0.2) is 60.7 Å². The average molecular weight is 445 g/mol. The fourth-order valence-electron chi connectivity index (χ4n) is 2.48. The lowest BCUT2D eigenvalue weighted by atomic mass is 10.2. The van der Waals surface area contributed by atoms with Crippen LogP contribution in [-0.2, 0) is 4.43 Å². The maximum absolute atomic E-state index is 6.66. The minimum absolute atomic E-state index is 0.00167. The van der Waals surface area contributed by atoms with Crippen LogP contribution in [-0.4, -0.2) is 28.5 Å². The lowest BCUT2D eigenvalue weighted by Crippen LogP contribution is -2.47. The third-order valence-corrected chi connectivity index (χ3v) is 7.85. The molecule has 137 valence electrons. The summed E-state index contributed by atoms with van der Waals surface area (Å²) in [7, 11) is -2.45. The summed E-state index contributed by atoms with van der Waals surface area (Å²) < 4.78 is 6.66. The van der Waals surface area contributed by atoms with Gasteiger partial charge in [0.1, 0.15) is 6.10 Å². The molecule has 1 radical (unpaired) electrons. The van der Waals surface area contributed by atoms with Crippen LogP contribution in [0.1, 0.15) is 12.8 Å². The van der Waals surface area contributed by atoms with Crippen molar-refractivity contribution in [2.24, 2.45) is 0 Å². The molecule has 0 spiro atoms. The van der Waals surface area contributed by atoms with Gasteiger partial charge in [0.05, 0.1) is 8.07 Å². The van der Waals surface area contributed by atoms with Crippen molar-refractivity contribution < 1.29 is 4.43 Å². The minimum Gasteiger partial charge on any atom is -0.393 e. The molecular weight excluding hydrogens is 416 g/mol. The Hall–Kier alpha value is -1.13. The summed E-state index contributed by atoms with van der Waals surface area (Å²) in [4.78, 5) is 0. The number of halogens is 1. The van der Waals surface area contributed by atoms with Gasteiger partial charge in [-0.05, 0) is 23.2 Å². The first-order chi connectivity index (χ1) is 12.5. The van der Waals surface area contributed by atoms with E-state index in [9.17, 15) is 0 Å². The quantitative estimate of drug-likeness (QED) is 0.326. The van der Waals surface area contributed by atoms with E-state index in [0.29, 0.717) is 0 Å². The molecule has 0 saturated heterocycles. The highest BCUT2D eigenvalue weighted by Crippen LogP contribution is 2.09. The van der Waals surface area contributed by atoms with Gasteiger partial charge in [-0.3, -0.25) is 0 Å².